The van der Waals surface area contributed by atoms with E-state index >= 15 is 0 Å². The Bertz CT molecular complexity index is 845. The molecule has 136 valence electrons. The van der Waals surface area contributed by atoms with Crippen molar-refractivity contribution in [1.82, 2.24) is 14.5 Å². The molecule has 1 saturated heterocycles. The van der Waals surface area contributed by atoms with Crippen LogP contribution in [0.5, 0.6) is 0 Å². The normalized spacial score (nSPS) is 16.4. The lowest BCUT2D eigenvalue weighted by Crippen LogP contribution is -2.49. The molecule has 0 aliphatic carbocycles. The second kappa shape index (κ2) is 6.76. The number of piperazine rings is 1. The van der Waals surface area contributed by atoms with Gasteiger partial charge in [0.05, 0.1) is 4.90 Å². The molecule has 1 aromatic carbocycles. The Morgan fingerprint density at radius 1 is 1.04 bits per heavy atom. The molecule has 0 atom stereocenters. The van der Waals surface area contributed by atoms with E-state index in [0.29, 0.717) is 49.4 Å². The molecule has 2 aromatic rings. The van der Waals surface area contributed by atoms with Crippen molar-refractivity contribution >= 4 is 16.0 Å². The summed E-state index contributed by atoms with van der Waals surface area (Å²) in [4.78, 5) is 2.37. The Hall–Kier alpha value is -1.93. The van der Waals surface area contributed by atoms with Crippen molar-refractivity contribution in [3.05, 3.63) is 34.7 Å². The van der Waals surface area contributed by atoms with Crippen LogP contribution < -0.4 is 4.90 Å². The van der Waals surface area contributed by atoms with Gasteiger partial charge in [-0.1, -0.05) is 29.7 Å². The molecule has 3 rings (SSSR count). The number of hydrogen-bond donors (Lipinski definition) is 0. The quantitative estimate of drug-likeness (QED) is 0.826. The highest BCUT2D eigenvalue weighted by Crippen LogP contribution is 2.26. The number of rotatable bonds is 4. The van der Waals surface area contributed by atoms with Crippen LogP contribution in [-0.4, -0.2) is 49.1 Å². The maximum atomic E-state index is 13.1. The SMILES string of the molecule is CCc1nnc(N2CCN(S(=O)(=O)c3c(C)cc(C)cc3C)CC2)o1. The molecule has 1 aliphatic heterocycles. The van der Waals surface area contributed by atoms with E-state index in [4.69, 9.17) is 4.42 Å². The number of sulfonamides is 1. The molecular formula is C17H24N4O3S. The van der Waals surface area contributed by atoms with Crippen LogP contribution in [-0.2, 0) is 16.4 Å². The molecule has 0 saturated carbocycles. The van der Waals surface area contributed by atoms with Crippen LogP contribution >= 0.6 is 0 Å². The van der Waals surface area contributed by atoms with E-state index in [0.717, 1.165) is 16.7 Å². The second-order valence-corrected chi connectivity index (χ2v) is 8.33. The van der Waals surface area contributed by atoms with E-state index < -0.39 is 10.0 Å². The van der Waals surface area contributed by atoms with Crippen LogP contribution in [0.1, 0.15) is 29.5 Å². The molecule has 25 heavy (non-hydrogen) atoms. The van der Waals surface area contributed by atoms with Crippen LogP contribution in [0, 0.1) is 20.8 Å². The molecule has 1 fully saturated rings. The Morgan fingerprint density at radius 2 is 1.64 bits per heavy atom. The van der Waals surface area contributed by atoms with Crippen molar-refractivity contribution in [3.63, 3.8) is 0 Å². The van der Waals surface area contributed by atoms with Crippen LogP contribution in [0.4, 0.5) is 6.01 Å². The van der Waals surface area contributed by atoms with Crippen molar-refractivity contribution < 1.29 is 12.8 Å². The summed E-state index contributed by atoms with van der Waals surface area (Å²) < 4.78 is 33.3. The third kappa shape index (κ3) is 3.41. The van der Waals surface area contributed by atoms with Gasteiger partial charge in [-0.05, 0) is 31.9 Å². The van der Waals surface area contributed by atoms with Gasteiger partial charge in [0.2, 0.25) is 15.9 Å². The van der Waals surface area contributed by atoms with Crippen molar-refractivity contribution in [2.75, 3.05) is 31.1 Å². The molecule has 0 radical (unpaired) electrons. The first-order valence-corrected chi connectivity index (χ1v) is 9.92. The Balaban J connectivity index is 1.78. The average molecular weight is 364 g/mol. The van der Waals surface area contributed by atoms with E-state index in [1.54, 1.807) is 4.31 Å². The minimum Gasteiger partial charge on any atom is -0.408 e. The predicted molar refractivity (Wildman–Crippen MR) is 95.3 cm³/mol. The van der Waals surface area contributed by atoms with Gasteiger partial charge >= 0.3 is 6.01 Å². The average Bonchev–Trinajstić information content (AvgIpc) is 3.03. The van der Waals surface area contributed by atoms with Gasteiger partial charge < -0.3 is 9.32 Å². The summed E-state index contributed by atoms with van der Waals surface area (Å²) in [5.41, 5.74) is 2.66. The maximum absolute atomic E-state index is 13.1. The van der Waals surface area contributed by atoms with Gasteiger partial charge in [-0.25, -0.2) is 8.42 Å². The van der Waals surface area contributed by atoms with E-state index in [1.807, 2.05) is 44.7 Å². The van der Waals surface area contributed by atoms with Gasteiger partial charge in [0, 0.05) is 32.6 Å². The second-order valence-electron chi connectivity index (χ2n) is 6.45. The summed E-state index contributed by atoms with van der Waals surface area (Å²) in [7, 11) is -3.51. The molecule has 0 bridgehead atoms. The van der Waals surface area contributed by atoms with Crippen LogP contribution in [0.3, 0.4) is 0 Å². The lowest BCUT2D eigenvalue weighted by molar-refractivity contribution is 0.368. The van der Waals surface area contributed by atoms with Gasteiger partial charge in [0.25, 0.3) is 0 Å². The lowest BCUT2D eigenvalue weighted by Gasteiger charge is -2.33. The summed E-state index contributed by atoms with van der Waals surface area (Å²) in [5.74, 6) is 0.593. The standard InChI is InChI=1S/C17H24N4O3S/c1-5-15-18-19-17(24-15)20-6-8-21(9-7-20)25(22,23)16-13(3)10-12(2)11-14(16)4/h10-11H,5-9H2,1-4H3. The third-order valence-corrected chi connectivity index (χ3v) is 6.68. The van der Waals surface area contributed by atoms with Crippen LogP contribution in [0.25, 0.3) is 0 Å². The lowest BCUT2D eigenvalue weighted by atomic mass is 10.1. The summed E-state index contributed by atoms with van der Waals surface area (Å²) >= 11 is 0. The summed E-state index contributed by atoms with van der Waals surface area (Å²) in [6, 6.07) is 4.30. The molecule has 0 spiro atoms. The molecule has 7 nitrogen and oxygen atoms in total. The van der Waals surface area contributed by atoms with Gasteiger partial charge in [-0.15, -0.1) is 5.10 Å². The van der Waals surface area contributed by atoms with E-state index in [1.165, 1.54) is 0 Å². The van der Waals surface area contributed by atoms with E-state index in [2.05, 4.69) is 10.2 Å². The fraction of sp³-hybridized carbons (Fsp3) is 0.529. The van der Waals surface area contributed by atoms with Gasteiger partial charge in [-0.2, -0.15) is 4.31 Å². The highest BCUT2D eigenvalue weighted by atomic mass is 32.2. The van der Waals surface area contributed by atoms with Crippen LogP contribution in [0.2, 0.25) is 0 Å². The Morgan fingerprint density at radius 3 is 2.16 bits per heavy atom. The molecule has 0 amide bonds. The van der Waals surface area contributed by atoms with E-state index in [9.17, 15) is 8.42 Å². The smallest absolute Gasteiger partial charge is 0.318 e. The fourth-order valence-electron chi connectivity index (χ4n) is 3.34. The molecule has 1 aromatic heterocycles. The highest BCUT2D eigenvalue weighted by Gasteiger charge is 2.32. The summed E-state index contributed by atoms with van der Waals surface area (Å²) in [6.07, 6.45) is 0.688. The zero-order valence-corrected chi connectivity index (χ0v) is 15.9. The van der Waals surface area contributed by atoms with Crippen LogP contribution in [0.15, 0.2) is 21.4 Å². The minimum atomic E-state index is -3.51. The highest BCUT2D eigenvalue weighted by molar-refractivity contribution is 7.89. The van der Waals surface area contributed by atoms with Gasteiger partial charge in [0.1, 0.15) is 0 Å². The van der Waals surface area contributed by atoms with Gasteiger partial charge in [-0.3, -0.25) is 0 Å². The number of aryl methyl sites for hydroxylation is 4. The molecule has 1 aliphatic rings. The molecule has 0 unspecified atom stereocenters. The zero-order chi connectivity index (χ0) is 18.2. The number of benzene rings is 1. The molecular weight excluding hydrogens is 340 g/mol. The zero-order valence-electron chi connectivity index (χ0n) is 15.1. The topological polar surface area (TPSA) is 79.5 Å². The maximum Gasteiger partial charge on any atom is 0.318 e. The molecule has 0 N–H and O–H groups in total. The summed E-state index contributed by atoms with van der Waals surface area (Å²) in [5, 5.41) is 8.00. The van der Waals surface area contributed by atoms with E-state index in [-0.39, 0.29) is 0 Å². The third-order valence-electron chi connectivity index (χ3n) is 4.47. The van der Waals surface area contributed by atoms with Crippen molar-refractivity contribution in [2.24, 2.45) is 0 Å². The molecule has 8 heteroatoms. The van der Waals surface area contributed by atoms with Crippen molar-refractivity contribution in [1.29, 1.82) is 0 Å². The number of hydrogen-bond acceptors (Lipinski definition) is 6. The first-order valence-electron chi connectivity index (χ1n) is 8.48. The Labute approximate surface area is 148 Å². The molecule has 2 heterocycles. The minimum absolute atomic E-state index is 0.402. The largest absolute Gasteiger partial charge is 0.408 e. The number of aromatic nitrogens is 2. The van der Waals surface area contributed by atoms with Crippen molar-refractivity contribution in [3.8, 4) is 0 Å². The monoisotopic (exact) mass is 364 g/mol. The first-order chi connectivity index (χ1) is 11.8. The summed E-state index contributed by atoms with van der Waals surface area (Å²) in [6.45, 7) is 9.51. The number of anilines is 1. The number of nitrogens with zero attached hydrogens (tertiary/aromatic N) is 4. The van der Waals surface area contributed by atoms with Gasteiger partial charge in [0.15, 0.2) is 0 Å². The Kier molecular flexibility index (Phi) is 4.83. The first kappa shape index (κ1) is 17.9. The predicted octanol–water partition coefficient (Wildman–Crippen LogP) is 2.07. The van der Waals surface area contributed by atoms with Crippen molar-refractivity contribution in [2.45, 2.75) is 39.0 Å². The fourth-order valence-corrected chi connectivity index (χ4v) is 5.17.